The summed E-state index contributed by atoms with van der Waals surface area (Å²) in [6.45, 7) is 1.10. The molecule has 0 saturated heterocycles. The van der Waals surface area contributed by atoms with Crippen LogP contribution in [0.1, 0.15) is 11.3 Å². The molecule has 1 aromatic heterocycles. The molecule has 1 aromatic rings. The third-order valence-corrected chi connectivity index (χ3v) is 1.83. The second-order valence-electron chi connectivity index (χ2n) is 3.08. The molecule has 0 spiro atoms. The predicted molar refractivity (Wildman–Crippen MR) is 45.8 cm³/mol. The largest absolute Gasteiger partial charge is 0.408 e. The maximum Gasteiger partial charge on any atom is 0.408 e. The molecule has 0 radical (unpaired) electrons. The third-order valence-electron chi connectivity index (χ3n) is 1.83. The summed E-state index contributed by atoms with van der Waals surface area (Å²) >= 11 is 0. The van der Waals surface area contributed by atoms with Gasteiger partial charge in [0.25, 0.3) is 0 Å². The Labute approximate surface area is 79.9 Å². The maximum atomic E-state index is 12.1. The highest BCUT2D eigenvalue weighted by atomic mass is 19.4. The van der Waals surface area contributed by atoms with E-state index in [1.54, 1.807) is 14.0 Å². The summed E-state index contributed by atoms with van der Waals surface area (Å²) in [7, 11) is 1.68. The molecule has 0 aliphatic heterocycles. The standard InChI is InChI=1S/C8H12F3N3/c1-6-3-13-14(5-8(9,10)11)7(6)4-12-2/h3,12H,4-5H2,1-2H3. The minimum atomic E-state index is -4.22. The number of hydrogen-bond acceptors (Lipinski definition) is 2. The van der Waals surface area contributed by atoms with Crippen LogP contribution >= 0.6 is 0 Å². The first-order valence-electron chi connectivity index (χ1n) is 4.16. The van der Waals surface area contributed by atoms with Gasteiger partial charge >= 0.3 is 6.18 Å². The number of aryl methyl sites for hydroxylation is 1. The number of hydrogen-bond donors (Lipinski definition) is 1. The van der Waals surface area contributed by atoms with Gasteiger partial charge in [0.15, 0.2) is 0 Å². The van der Waals surface area contributed by atoms with Crippen molar-refractivity contribution < 1.29 is 13.2 Å². The predicted octanol–water partition coefficient (Wildman–Crippen LogP) is 1.47. The molecule has 0 aliphatic rings. The Balaban J connectivity index is 2.86. The van der Waals surface area contributed by atoms with E-state index in [2.05, 4.69) is 10.4 Å². The summed E-state index contributed by atoms with van der Waals surface area (Å²) in [6, 6.07) is 0. The Morgan fingerprint density at radius 1 is 1.50 bits per heavy atom. The molecule has 0 aliphatic carbocycles. The highest BCUT2D eigenvalue weighted by molar-refractivity contribution is 5.15. The summed E-state index contributed by atoms with van der Waals surface area (Å²) in [6.07, 6.45) is -2.78. The molecule has 80 valence electrons. The lowest BCUT2D eigenvalue weighted by Gasteiger charge is -2.10. The van der Waals surface area contributed by atoms with Gasteiger partial charge in [-0.05, 0) is 19.5 Å². The number of aromatic nitrogens is 2. The SMILES string of the molecule is CNCc1c(C)cnn1CC(F)(F)F. The molecule has 0 atom stereocenters. The molecule has 0 saturated carbocycles. The zero-order valence-corrected chi connectivity index (χ0v) is 8.02. The van der Waals surface area contributed by atoms with Crippen molar-refractivity contribution in [3.8, 4) is 0 Å². The van der Waals surface area contributed by atoms with E-state index in [9.17, 15) is 13.2 Å². The summed E-state index contributed by atoms with van der Waals surface area (Å²) in [5.41, 5.74) is 1.34. The van der Waals surface area contributed by atoms with Crippen LogP contribution in [-0.2, 0) is 13.1 Å². The quantitative estimate of drug-likeness (QED) is 0.813. The molecule has 0 unspecified atom stereocenters. The molecular formula is C8H12F3N3. The van der Waals surface area contributed by atoms with Crippen LogP contribution in [0.25, 0.3) is 0 Å². The number of nitrogens with zero attached hydrogens (tertiary/aromatic N) is 2. The normalized spacial score (nSPS) is 12.1. The van der Waals surface area contributed by atoms with E-state index in [0.717, 1.165) is 10.2 Å². The average molecular weight is 207 g/mol. The van der Waals surface area contributed by atoms with Crippen LogP contribution in [0.5, 0.6) is 0 Å². The molecule has 1 N–H and O–H groups in total. The van der Waals surface area contributed by atoms with Crippen molar-refractivity contribution in [2.24, 2.45) is 0 Å². The van der Waals surface area contributed by atoms with Crippen LogP contribution < -0.4 is 5.32 Å². The van der Waals surface area contributed by atoms with Crippen molar-refractivity contribution in [1.82, 2.24) is 15.1 Å². The Hall–Kier alpha value is -1.04. The molecule has 1 heterocycles. The van der Waals surface area contributed by atoms with Crippen molar-refractivity contribution in [3.05, 3.63) is 17.5 Å². The molecule has 3 nitrogen and oxygen atoms in total. The van der Waals surface area contributed by atoms with Gasteiger partial charge in [-0.15, -0.1) is 0 Å². The Morgan fingerprint density at radius 2 is 2.14 bits per heavy atom. The first kappa shape index (κ1) is 11.0. The lowest BCUT2D eigenvalue weighted by Crippen LogP contribution is -2.22. The minimum Gasteiger partial charge on any atom is -0.314 e. The molecule has 0 bridgehead atoms. The second-order valence-corrected chi connectivity index (χ2v) is 3.08. The highest BCUT2D eigenvalue weighted by Gasteiger charge is 2.29. The van der Waals surface area contributed by atoms with Gasteiger partial charge in [-0.2, -0.15) is 18.3 Å². The molecular weight excluding hydrogens is 195 g/mol. The van der Waals surface area contributed by atoms with Crippen LogP contribution in [-0.4, -0.2) is 23.0 Å². The number of nitrogens with one attached hydrogen (secondary N) is 1. The highest BCUT2D eigenvalue weighted by Crippen LogP contribution is 2.19. The van der Waals surface area contributed by atoms with Gasteiger partial charge in [0.05, 0.1) is 11.9 Å². The number of halogens is 3. The van der Waals surface area contributed by atoms with Crippen LogP contribution in [0.4, 0.5) is 13.2 Å². The fraction of sp³-hybridized carbons (Fsp3) is 0.625. The third kappa shape index (κ3) is 2.73. The average Bonchev–Trinajstić information content (AvgIpc) is 2.33. The Bertz CT molecular complexity index is 303. The van der Waals surface area contributed by atoms with Gasteiger partial charge in [-0.25, -0.2) is 0 Å². The van der Waals surface area contributed by atoms with Gasteiger partial charge in [0, 0.05) is 6.54 Å². The van der Waals surface area contributed by atoms with Crippen molar-refractivity contribution in [1.29, 1.82) is 0 Å². The van der Waals surface area contributed by atoms with Crippen LogP contribution in [0.3, 0.4) is 0 Å². The van der Waals surface area contributed by atoms with Gasteiger partial charge < -0.3 is 5.32 Å². The Kier molecular flexibility index (Phi) is 3.15. The Morgan fingerprint density at radius 3 is 2.64 bits per heavy atom. The lowest BCUT2D eigenvalue weighted by molar-refractivity contribution is -0.143. The second kappa shape index (κ2) is 4.00. The van der Waals surface area contributed by atoms with E-state index in [1.165, 1.54) is 6.20 Å². The van der Waals surface area contributed by atoms with E-state index < -0.39 is 12.7 Å². The first-order valence-corrected chi connectivity index (χ1v) is 4.16. The molecule has 6 heteroatoms. The van der Waals surface area contributed by atoms with Crippen molar-refractivity contribution in [2.45, 2.75) is 26.2 Å². The van der Waals surface area contributed by atoms with Crippen LogP contribution in [0.2, 0.25) is 0 Å². The first-order chi connectivity index (χ1) is 6.44. The van der Waals surface area contributed by atoms with Gasteiger partial charge in [0.1, 0.15) is 6.54 Å². The molecule has 1 rings (SSSR count). The van der Waals surface area contributed by atoms with E-state index >= 15 is 0 Å². The van der Waals surface area contributed by atoms with Gasteiger partial charge in [0.2, 0.25) is 0 Å². The zero-order valence-electron chi connectivity index (χ0n) is 8.02. The minimum absolute atomic E-state index is 0.391. The fourth-order valence-corrected chi connectivity index (χ4v) is 1.21. The maximum absolute atomic E-state index is 12.1. The fourth-order valence-electron chi connectivity index (χ4n) is 1.21. The van der Waals surface area contributed by atoms with Gasteiger partial charge in [-0.3, -0.25) is 4.68 Å². The topological polar surface area (TPSA) is 29.9 Å². The van der Waals surface area contributed by atoms with E-state index in [4.69, 9.17) is 0 Å². The summed E-state index contributed by atoms with van der Waals surface area (Å²) in [4.78, 5) is 0. The van der Waals surface area contributed by atoms with Crippen molar-refractivity contribution in [3.63, 3.8) is 0 Å². The zero-order chi connectivity index (χ0) is 10.8. The summed E-state index contributed by atoms with van der Waals surface area (Å²) < 4.78 is 37.2. The molecule has 0 amide bonds. The molecule has 0 aromatic carbocycles. The molecule has 14 heavy (non-hydrogen) atoms. The van der Waals surface area contributed by atoms with Crippen LogP contribution in [0, 0.1) is 6.92 Å². The van der Waals surface area contributed by atoms with Crippen LogP contribution in [0.15, 0.2) is 6.20 Å². The smallest absolute Gasteiger partial charge is 0.314 e. The van der Waals surface area contributed by atoms with E-state index in [1.807, 2.05) is 0 Å². The number of rotatable bonds is 3. The lowest BCUT2D eigenvalue weighted by atomic mass is 10.3. The van der Waals surface area contributed by atoms with Crippen molar-refractivity contribution >= 4 is 0 Å². The number of alkyl halides is 3. The van der Waals surface area contributed by atoms with E-state index in [-0.39, 0.29) is 0 Å². The molecule has 0 fully saturated rings. The summed E-state index contributed by atoms with van der Waals surface area (Å²) in [5.74, 6) is 0. The van der Waals surface area contributed by atoms with E-state index in [0.29, 0.717) is 12.2 Å². The van der Waals surface area contributed by atoms with Crippen molar-refractivity contribution in [2.75, 3.05) is 7.05 Å². The summed E-state index contributed by atoms with van der Waals surface area (Å²) in [5, 5.41) is 6.49. The van der Waals surface area contributed by atoms with Gasteiger partial charge in [-0.1, -0.05) is 0 Å². The monoisotopic (exact) mass is 207 g/mol.